The first kappa shape index (κ1) is 28.8. The van der Waals surface area contributed by atoms with Gasteiger partial charge in [0.2, 0.25) is 0 Å². The van der Waals surface area contributed by atoms with Gasteiger partial charge < -0.3 is 0 Å². The fourth-order valence-electron chi connectivity index (χ4n) is 10.00. The number of rotatable bonds is 3. The van der Waals surface area contributed by atoms with Gasteiger partial charge in [0.1, 0.15) is 0 Å². The molecule has 0 atom stereocenters. The SMILES string of the molecule is c1ccc2c(c1)-c1ccccc1C21c2ccccc2-c2c1cc1c(c2-c2cc(-c3ccncc3)cc(-c3ccncc3)c2)-c2cccc3cccc-1c23. The zero-order valence-corrected chi connectivity index (χ0v) is 28.7. The maximum absolute atomic E-state index is 4.37. The molecule has 0 unspecified atom stereocenters. The topological polar surface area (TPSA) is 25.8 Å². The van der Waals surface area contributed by atoms with E-state index < -0.39 is 5.41 Å². The number of nitrogens with zero attached hydrogens (tertiary/aromatic N) is 2. The van der Waals surface area contributed by atoms with Crippen molar-refractivity contribution in [3.63, 3.8) is 0 Å². The van der Waals surface area contributed by atoms with Crippen molar-refractivity contribution in [2.24, 2.45) is 0 Å². The van der Waals surface area contributed by atoms with Crippen molar-refractivity contribution in [1.29, 1.82) is 0 Å². The van der Waals surface area contributed by atoms with Crippen LogP contribution in [-0.4, -0.2) is 9.97 Å². The summed E-state index contributed by atoms with van der Waals surface area (Å²) in [7, 11) is 0. The maximum atomic E-state index is 4.37. The molecule has 2 heterocycles. The number of benzene rings is 7. The van der Waals surface area contributed by atoms with Gasteiger partial charge in [-0.2, -0.15) is 0 Å². The highest BCUT2D eigenvalue weighted by Gasteiger charge is 2.53. The second kappa shape index (κ2) is 10.6. The fraction of sp³-hybridized carbons (Fsp3) is 0.0196. The molecule has 7 aromatic carbocycles. The first-order valence-corrected chi connectivity index (χ1v) is 18.3. The average molecular weight is 671 g/mol. The fourth-order valence-corrected chi connectivity index (χ4v) is 10.00. The van der Waals surface area contributed by atoms with Gasteiger partial charge in [-0.15, -0.1) is 0 Å². The molecule has 0 fully saturated rings. The smallest absolute Gasteiger partial charge is 0.0725 e. The summed E-state index contributed by atoms with van der Waals surface area (Å²) in [5.41, 5.74) is 22.5. The van der Waals surface area contributed by atoms with Gasteiger partial charge >= 0.3 is 0 Å². The molecule has 2 nitrogen and oxygen atoms in total. The van der Waals surface area contributed by atoms with E-state index in [-0.39, 0.29) is 0 Å². The second-order valence-corrected chi connectivity index (χ2v) is 14.5. The molecule has 0 N–H and O–H groups in total. The van der Waals surface area contributed by atoms with E-state index in [1.54, 1.807) is 0 Å². The Balaban J connectivity index is 1.29. The van der Waals surface area contributed by atoms with Crippen molar-refractivity contribution < 1.29 is 0 Å². The molecule has 244 valence electrons. The van der Waals surface area contributed by atoms with Gasteiger partial charge in [0, 0.05) is 24.8 Å². The van der Waals surface area contributed by atoms with E-state index in [9.17, 15) is 0 Å². The Hall–Kier alpha value is -6.90. The van der Waals surface area contributed by atoms with Gasteiger partial charge in [-0.3, -0.25) is 9.97 Å². The van der Waals surface area contributed by atoms with Crippen LogP contribution in [0, 0.1) is 0 Å². The highest BCUT2D eigenvalue weighted by atomic mass is 14.6. The van der Waals surface area contributed by atoms with Crippen LogP contribution in [0.1, 0.15) is 22.3 Å². The van der Waals surface area contributed by atoms with Crippen molar-refractivity contribution >= 4 is 10.8 Å². The standard InChI is InChI=1S/C51H30N2/c1-4-16-43-37(11-1)38-12-2-5-17-44(38)51(43)45-18-6-3-13-40(45)50-46(51)30-42-39-14-7-9-33-10-8-15-41(47(33)39)49(42)48(50)36-28-34(31-19-23-52-24-20-31)27-35(29-36)32-21-25-53-26-22-32/h1-30H. The zero-order chi connectivity index (χ0) is 34.7. The molecule has 2 heteroatoms. The number of hydrogen-bond acceptors (Lipinski definition) is 2. The molecule has 2 aromatic heterocycles. The summed E-state index contributed by atoms with van der Waals surface area (Å²) in [5.74, 6) is 0. The molecule has 1 spiro atoms. The number of fused-ring (bicyclic) bond motifs is 13. The highest BCUT2D eigenvalue weighted by Crippen LogP contribution is 2.67. The van der Waals surface area contributed by atoms with Crippen LogP contribution in [0.25, 0.3) is 88.7 Å². The average Bonchev–Trinajstić information content (AvgIpc) is 3.83. The molecule has 0 saturated carbocycles. The van der Waals surface area contributed by atoms with Crippen LogP contribution >= 0.6 is 0 Å². The van der Waals surface area contributed by atoms with Crippen LogP contribution < -0.4 is 0 Å². The van der Waals surface area contributed by atoms with Gasteiger partial charge in [0.05, 0.1) is 5.41 Å². The highest BCUT2D eigenvalue weighted by molar-refractivity contribution is 6.21. The molecule has 3 aliphatic carbocycles. The molecule has 0 aliphatic heterocycles. The van der Waals surface area contributed by atoms with Crippen LogP contribution in [0.2, 0.25) is 0 Å². The van der Waals surface area contributed by atoms with E-state index in [0.29, 0.717) is 0 Å². The number of aromatic nitrogens is 2. The van der Waals surface area contributed by atoms with Crippen LogP contribution in [0.4, 0.5) is 0 Å². The molecular formula is C51H30N2. The summed E-state index contributed by atoms with van der Waals surface area (Å²) >= 11 is 0. The van der Waals surface area contributed by atoms with Crippen molar-refractivity contribution in [2.45, 2.75) is 5.41 Å². The van der Waals surface area contributed by atoms with Gasteiger partial charge in [-0.25, -0.2) is 0 Å². The summed E-state index contributed by atoms with van der Waals surface area (Å²) in [4.78, 5) is 8.73. The maximum Gasteiger partial charge on any atom is 0.0725 e. The molecule has 12 rings (SSSR count). The van der Waals surface area contributed by atoms with Crippen LogP contribution in [0.15, 0.2) is 183 Å². The summed E-state index contributed by atoms with van der Waals surface area (Å²) in [6.07, 6.45) is 7.55. The van der Waals surface area contributed by atoms with Gasteiger partial charge in [0.25, 0.3) is 0 Å². The van der Waals surface area contributed by atoms with E-state index in [4.69, 9.17) is 0 Å². The Kier molecular flexibility index (Phi) is 5.73. The van der Waals surface area contributed by atoms with Gasteiger partial charge in [-0.05, 0) is 159 Å². The van der Waals surface area contributed by atoms with Crippen molar-refractivity contribution in [3.05, 3.63) is 205 Å². The summed E-state index contributed by atoms with van der Waals surface area (Å²) in [5, 5.41) is 2.61. The zero-order valence-electron chi connectivity index (χ0n) is 28.7. The van der Waals surface area contributed by atoms with E-state index in [1.807, 2.05) is 24.8 Å². The second-order valence-electron chi connectivity index (χ2n) is 14.5. The third kappa shape index (κ3) is 3.72. The van der Waals surface area contributed by atoms with Crippen molar-refractivity contribution in [3.8, 4) is 77.9 Å². The monoisotopic (exact) mass is 670 g/mol. The third-order valence-electron chi connectivity index (χ3n) is 12.0. The molecule has 0 bridgehead atoms. The molecule has 9 aromatic rings. The van der Waals surface area contributed by atoms with Crippen molar-refractivity contribution in [2.75, 3.05) is 0 Å². The number of pyridine rings is 2. The third-order valence-corrected chi connectivity index (χ3v) is 12.0. The van der Waals surface area contributed by atoms with Gasteiger partial charge in [-0.1, -0.05) is 109 Å². The number of hydrogen-bond donors (Lipinski definition) is 0. The van der Waals surface area contributed by atoms with E-state index in [1.165, 1.54) is 88.7 Å². The van der Waals surface area contributed by atoms with E-state index in [2.05, 4.69) is 168 Å². The lowest BCUT2D eigenvalue weighted by atomic mass is 9.69. The molecule has 0 radical (unpaired) electrons. The summed E-state index contributed by atoms with van der Waals surface area (Å²) in [6.45, 7) is 0. The molecule has 0 amide bonds. The van der Waals surface area contributed by atoms with Crippen LogP contribution in [-0.2, 0) is 5.41 Å². The van der Waals surface area contributed by atoms with Crippen LogP contribution in [0.3, 0.4) is 0 Å². The Morgan fingerprint density at radius 1 is 0.302 bits per heavy atom. The Labute approximate surface area is 307 Å². The Bertz CT molecular complexity index is 2890. The normalized spacial score (nSPS) is 13.4. The minimum Gasteiger partial charge on any atom is -0.265 e. The molecule has 53 heavy (non-hydrogen) atoms. The quantitative estimate of drug-likeness (QED) is 0.187. The Morgan fingerprint density at radius 3 is 1.40 bits per heavy atom. The predicted molar refractivity (Wildman–Crippen MR) is 217 cm³/mol. The largest absolute Gasteiger partial charge is 0.265 e. The lowest BCUT2D eigenvalue weighted by molar-refractivity contribution is 0.794. The summed E-state index contributed by atoms with van der Waals surface area (Å²) < 4.78 is 0. The minimum atomic E-state index is -0.456. The molecular weight excluding hydrogens is 641 g/mol. The first-order chi connectivity index (χ1) is 26.3. The first-order valence-electron chi connectivity index (χ1n) is 18.3. The van der Waals surface area contributed by atoms with Gasteiger partial charge in [0.15, 0.2) is 0 Å². The minimum absolute atomic E-state index is 0.456. The lowest BCUT2D eigenvalue weighted by Crippen LogP contribution is -2.26. The predicted octanol–water partition coefficient (Wildman–Crippen LogP) is 12.6. The molecule has 3 aliphatic rings. The van der Waals surface area contributed by atoms with E-state index in [0.717, 1.165) is 22.3 Å². The Morgan fingerprint density at radius 2 is 0.792 bits per heavy atom. The van der Waals surface area contributed by atoms with E-state index >= 15 is 0 Å². The molecule has 0 saturated heterocycles. The lowest BCUT2D eigenvalue weighted by Gasteiger charge is -2.31. The summed E-state index contributed by atoms with van der Waals surface area (Å²) in [6, 6.07) is 59.1. The van der Waals surface area contributed by atoms with Crippen molar-refractivity contribution in [1.82, 2.24) is 9.97 Å². The van der Waals surface area contributed by atoms with Crippen LogP contribution in [0.5, 0.6) is 0 Å².